The van der Waals surface area contributed by atoms with Gasteiger partial charge in [0.2, 0.25) is 0 Å². The van der Waals surface area contributed by atoms with Crippen molar-refractivity contribution >= 4 is 51.2 Å². The van der Waals surface area contributed by atoms with Crippen LogP contribution in [0.4, 0.5) is 16.2 Å². The Bertz CT molecular complexity index is 2220. The number of hydrogen-bond donors (Lipinski definition) is 1. The summed E-state index contributed by atoms with van der Waals surface area (Å²) in [6.07, 6.45) is 3.31. The molecule has 8 nitrogen and oxygen atoms in total. The maximum Gasteiger partial charge on any atom is 0.335 e. The zero-order valence-corrected chi connectivity index (χ0v) is 31.8. The van der Waals surface area contributed by atoms with Crippen LogP contribution in [0.15, 0.2) is 119 Å². The molecule has 54 heavy (non-hydrogen) atoms. The number of rotatable bonds is 9. The highest BCUT2D eigenvalue weighted by Crippen LogP contribution is 2.50. The van der Waals surface area contributed by atoms with Gasteiger partial charge >= 0.3 is 6.03 Å². The second-order valence-electron chi connectivity index (χ2n) is 14.0. The van der Waals surface area contributed by atoms with Gasteiger partial charge in [-0.2, -0.15) is 0 Å². The molecule has 3 heterocycles. The van der Waals surface area contributed by atoms with Crippen LogP contribution in [0.5, 0.6) is 11.5 Å². The summed E-state index contributed by atoms with van der Waals surface area (Å²) >= 11 is 3.63. The molecule has 0 saturated carbocycles. The standard InChI is InChI=1S/C45H40BrN3O5/c1-3-53-40-24-30(23-39(46)42(40)54-27-29-12-10-11-28(2)21-29)22-38-43(50)47-45(52)49(44(38)51)33-25-36-34(31-13-6-4-7-14-31)17-19-48-20-18-35(37(26-33)41(36)48)32-15-8-5-9-16-32/h4-16,21-26,34-35H,3,17-20,27H2,1-2H3,(H,47,50,52)/b38-22+/t34-,35-/m0/s1. The zero-order chi connectivity index (χ0) is 37.3. The first kappa shape index (κ1) is 35.4. The van der Waals surface area contributed by atoms with Crippen molar-refractivity contribution < 1.29 is 23.9 Å². The average Bonchev–Trinajstić information content (AvgIpc) is 3.17. The highest BCUT2D eigenvalue weighted by Gasteiger charge is 2.40. The summed E-state index contributed by atoms with van der Waals surface area (Å²) in [6, 6.07) is 35.6. The van der Waals surface area contributed by atoms with E-state index in [2.05, 4.69) is 56.5 Å². The maximum atomic E-state index is 14.4. The van der Waals surface area contributed by atoms with Gasteiger partial charge in [0.1, 0.15) is 12.2 Å². The van der Waals surface area contributed by atoms with E-state index >= 15 is 0 Å². The molecule has 0 radical (unpaired) electrons. The first-order valence-corrected chi connectivity index (χ1v) is 19.2. The Morgan fingerprint density at radius 2 is 1.44 bits per heavy atom. The van der Waals surface area contributed by atoms with Gasteiger partial charge < -0.3 is 14.4 Å². The van der Waals surface area contributed by atoms with Gasteiger partial charge in [-0.25, -0.2) is 9.69 Å². The van der Waals surface area contributed by atoms with E-state index in [1.54, 1.807) is 12.1 Å². The Balaban J connectivity index is 1.19. The molecule has 1 fully saturated rings. The van der Waals surface area contributed by atoms with Crippen LogP contribution in [-0.4, -0.2) is 37.5 Å². The third-order valence-corrected chi connectivity index (χ3v) is 11.1. The molecule has 2 atom stereocenters. The number of hydrogen-bond acceptors (Lipinski definition) is 6. The molecular weight excluding hydrogens is 742 g/mol. The second kappa shape index (κ2) is 15.0. The third-order valence-electron chi connectivity index (χ3n) is 10.5. The van der Waals surface area contributed by atoms with Crippen LogP contribution in [0.1, 0.15) is 70.5 Å². The summed E-state index contributed by atoms with van der Waals surface area (Å²) in [7, 11) is 0. The molecule has 1 N–H and O–H groups in total. The zero-order valence-electron chi connectivity index (χ0n) is 30.2. The number of aryl methyl sites for hydroxylation is 1. The number of carbonyl (C=O) groups excluding carboxylic acids is 3. The number of nitrogens with zero attached hydrogens (tertiary/aromatic N) is 2. The highest BCUT2D eigenvalue weighted by atomic mass is 79.9. The van der Waals surface area contributed by atoms with E-state index in [1.807, 2.05) is 80.6 Å². The summed E-state index contributed by atoms with van der Waals surface area (Å²) in [4.78, 5) is 45.1. The Kier molecular flexibility index (Phi) is 9.82. The summed E-state index contributed by atoms with van der Waals surface area (Å²) in [5.41, 5.74) is 8.66. The quantitative estimate of drug-likeness (QED) is 0.119. The van der Waals surface area contributed by atoms with Crippen LogP contribution in [0.2, 0.25) is 0 Å². The normalized spacial score (nSPS) is 18.7. The lowest BCUT2D eigenvalue weighted by Gasteiger charge is -2.44. The van der Waals surface area contributed by atoms with Gasteiger partial charge in [-0.3, -0.25) is 14.9 Å². The predicted molar refractivity (Wildman–Crippen MR) is 214 cm³/mol. The third kappa shape index (κ3) is 6.80. The molecule has 0 aromatic heterocycles. The van der Waals surface area contributed by atoms with E-state index in [0.29, 0.717) is 40.4 Å². The maximum absolute atomic E-state index is 14.4. The number of anilines is 2. The van der Waals surface area contributed by atoms with Gasteiger partial charge in [-0.15, -0.1) is 0 Å². The molecule has 0 unspecified atom stereocenters. The lowest BCUT2D eigenvalue weighted by atomic mass is 9.76. The minimum absolute atomic E-state index is 0.0752. The van der Waals surface area contributed by atoms with E-state index in [4.69, 9.17) is 9.47 Å². The number of ether oxygens (including phenoxy) is 2. The van der Waals surface area contributed by atoms with Gasteiger partial charge in [0.05, 0.1) is 16.8 Å². The Morgan fingerprint density at radius 3 is 2.06 bits per heavy atom. The SMILES string of the molecule is CCOc1cc(/C=C2\C(=O)NC(=O)N(c3cc4c5c(c3)[C@H](c3ccccc3)CCN5CC[C@H]4c3ccccc3)C2=O)cc(Br)c1OCc1cccc(C)c1. The van der Waals surface area contributed by atoms with Gasteiger partial charge in [0.15, 0.2) is 11.5 Å². The lowest BCUT2D eigenvalue weighted by Crippen LogP contribution is -2.54. The van der Waals surface area contributed by atoms with Gasteiger partial charge in [-0.05, 0) is 106 Å². The van der Waals surface area contributed by atoms with Crippen molar-refractivity contribution in [1.82, 2.24) is 5.32 Å². The summed E-state index contributed by atoms with van der Waals surface area (Å²) in [5.74, 6) is -0.335. The number of amides is 4. The van der Waals surface area contributed by atoms with Gasteiger partial charge in [0.25, 0.3) is 11.8 Å². The predicted octanol–water partition coefficient (Wildman–Crippen LogP) is 9.28. The molecule has 3 aliphatic heterocycles. The van der Waals surface area contributed by atoms with Crippen molar-refractivity contribution in [2.75, 3.05) is 29.5 Å². The molecule has 0 bridgehead atoms. The van der Waals surface area contributed by atoms with Crippen molar-refractivity contribution in [3.05, 3.63) is 158 Å². The molecule has 9 heteroatoms. The Hall–Kier alpha value is -5.67. The topological polar surface area (TPSA) is 88.2 Å². The van der Waals surface area contributed by atoms with Gasteiger partial charge in [-0.1, -0.05) is 90.5 Å². The molecule has 1 saturated heterocycles. The van der Waals surface area contributed by atoms with Crippen molar-refractivity contribution in [1.29, 1.82) is 0 Å². The summed E-state index contributed by atoms with van der Waals surface area (Å²) < 4.78 is 12.8. The van der Waals surface area contributed by atoms with Crippen molar-refractivity contribution in [2.24, 2.45) is 0 Å². The summed E-state index contributed by atoms with van der Waals surface area (Å²) in [5, 5.41) is 2.44. The fraction of sp³-hybridized carbons (Fsp3) is 0.222. The Morgan fingerprint density at radius 1 is 0.796 bits per heavy atom. The number of nitrogens with one attached hydrogen (secondary N) is 1. The van der Waals surface area contributed by atoms with Gasteiger partial charge in [0, 0.05) is 30.6 Å². The molecule has 0 spiro atoms. The minimum atomic E-state index is -0.777. The number of urea groups is 1. The van der Waals surface area contributed by atoms with E-state index < -0.39 is 17.8 Å². The molecule has 5 aromatic rings. The fourth-order valence-electron chi connectivity index (χ4n) is 8.06. The first-order chi connectivity index (χ1) is 26.3. The van der Waals surface area contributed by atoms with Crippen LogP contribution < -0.4 is 24.6 Å². The Labute approximate surface area is 323 Å². The number of imide groups is 2. The van der Waals surface area contributed by atoms with Crippen molar-refractivity contribution in [3.63, 3.8) is 0 Å². The number of halogens is 1. The van der Waals surface area contributed by atoms with E-state index in [9.17, 15) is 14.4 Å². The van der Waals surface area contributed by atoms with Crippen LogP contribution in [0, 0.1) is 6.92 Å². The van der Waals surface area contributed by atoms with Crippen LogP contribution >= 0.6 is 15.9 Å². The molecule has 3 aliphatic rings. The summed E-state index contributed by atoms with van der Waals surface area (Å²) in [6.45, 7) is 6.44. The second-order valence-corrected chi connectivity index (χ2v) is 14.8. The fourth-order valence-corrected chi connectivity index (χ4v) is 8.63. The van der Waals surface area contributed by atoms with E-state index in [-0.39, 0.29) is 17.4 Å². The van der Waals surface area contributed by atoms with Crippen molar-refractivity contribution in [3.8, 4) is 11.5 Å². The monoisotopic (exact) mass is 781 g/mol. The number of benzene rings is 5. The smallest absolute Gasteiger partial charge is 0.335 e. The first-order valence-electron chi connectivity index (χ1n) is 18.4. The minimum Gasteiger partial charge on any atom is -0.490 e. The molecule has 5 aromatic carbocycles. The lowest BCUT2D eigenvalue weighted by molar-refractivity contribution is -0.122. The molecular formula is C45H40BrN3O5. The van der Waals surface area contributed by atoms with E-state index in [1.165, 1.54) is 22.9 Å². The largest absolute Gasteiger partial charge is 0.490 e. The van der Waals surface area contributed by atoms with Crippen LogP contribution in [0.25, 0.3) is 6.08 Å². The molecule has 272 valence electrons. The molecule has 0 aliphatic carbocycles. The van der Waals surface area contributed by atoms with Crippen LogP contribution in [0.3, 0.4) is 0 Å². The average molecular weight is 783 g/mol. The highest BCUT2D eigenvalue weighted by molar-refractivity contribution is 9.10. The number of carbonyl (C=O) groups is 3. The molecule has 8 rings (SSSR count). The van der Waals surface area contributed by atoms with Crippen molar-refractivity contribution in [2.45, 2.75) is 45.1 Å². The molecule has 4 amide bonds. The number of barbiturate groups is 1. The van der Waals surface area contributed by atoms with Crippen LogP contribution in [-0.2, 0) is 16.2 Å². The van der Waals surface area contributed by atoms with E-state index in [0.717, 1.165) is 53.1 Å².